The number of rotatable bonds is 12. The van der Waals surface area contributed by atoms with E-state index in [1.807, 2.05) is 84.9 Å². The van der Waals surface area contributed by atoms with E-state index in [0.29, 0.717) is 26.1 Å². The van der Waals surface area contributed by atoms with Crippen molar-refractivity contribution >= 4 is 11.8 Å². The van der Waals surface area contributed by atoms with Crippen LogP contribution in [0.1, 0.15) is 16.7 Å². The van der Waals surface area contributed by atoms with E-state index >= 15 is 0 Å². The van der Waals surface area contributed by atoms with Gasteiger partial charge in [0.15, 0.2) is 0 Å². The third kappa shape index (κ3) is 7.46. The summed E-state index contributed by atoms with van der Waals surface area (Å²) in [6, 6.07) is 26.3. The molecule has 0 spiro atoms. The zero-order valence-electron chi connectivity index (χ0n) is 19.8. The van der Waals surface area contributed by atoms with Gasteiger partial charge >= 0.3 is 0 Å². The van der Waals surface area contributed by atoms with Crippen molar-refractivity contribution in [2.75, 3.05) is 27.4 Å². The lowest BCUT2D eigenvalue weighted by Crippen LogP contribution is -2.51. The maximum Gasteiger partial charge on any atom is 0.243 e. The maximum atomic E-state index is 13.6. The number of ether oxygens (including phenoxy) is 2. The molecule has 0 saturated carbocycles. The molecule has 6 heteroatoms. The maximum absolute atomic E-state index is 13.6. The Morgan fingerprint density at radius 3 is 2.03 bits per heavy atom. The van der Waals surface area contributed by atoms with Crippen molar-refractivity contribution in [1.29, 1.82) is 0 Å². The first-order chi connectivity index (χ1) is 16.6. The first kappa shape index (κ1) is 25.0. The fourth-order valence-corrected chi connectivity index (χ4v) is 3.75. The second-order valence-electron chi connectivity index (χ2n) is 8.02. The third-order valence-electron chi connectivity index (χ3n) is 5.59. The summed E-state index contributed by atoms with van der Waals surface area (Å²) in [5.41, 5.74) is 2.82. The van der Waals surface area contributed by atoms with Crippen molar-refractivity contribution in [3.05, 3.63) is 102 Å². The number of hydrogen-bond acceptors (Lipinski definition) is 4. The third-order valence-corrected chi connectivity index (χ3v) is 5.59. The number of benzene rings is 3. The first-order valence-electron chi connectivity index (χ1n) is 11.4. The van der Waals surface area contributed by atoms with Crippen molar-refractivity contribution in [2.45, 2.75) is 25.4 Å². The van der Waals surface area contributed by atoms with Gasteiger partial charge in [-0.1, -0.05) is 72.8 Å². The molecule has 0 aliphatic carbocycles. The van der Waals surface area contributed by atoms with Crippen LogP contribution in [0.5, 0.6) is 5.75 Å². The van der Waals surface area contributed by atoms with Crippen molar-refractivity contribution in [3.8, 4) is 5.75 Å². The summed E-state index contributed by atoms with van der Waals surface area (Å²) in [5.74, 6) is 0.435. The molecular formula is C28H32N2O4. The topological polar surface area (TPSA) is 67.9 Å². The number of nitrogens with one attached hydrogen (secondary N) is 1. The molecule has 1 N–H and O–H groups in total. The van der Waals surface area contributed by atoms with Crippen LogP contribution in [-0.4, -0.2) is 50.1 Å². The molecule has 0 aliphatic rings. The van der Waals surface area contributed by atoms with E-state index in [9.17, 15) is 9.59 Å². The van der Waals surface area contributed by atoms with E-state index in [4.69, 9.17) is 9.47 Å². The second-order valence-corrected chi connectivity index (χ2v) is 8.02. The fourth-order valence-electron chi connectivity index (χ4n) is 3.75. The predicted octanol–water partition coefficient (Wildman–Crippen LogP) is 3.64. The van der Waals surface area contributed by atoms with Gasteiger partial charge in [-0.25, -0.2) is 0 Å². The Morgan fingerprint density at radius 1 is 0.824 bits per heavy atom. The summed E-state index contributed by atoms with van der Waals surface area (Å²) >= 11 is 0. The molecule has 3 aromatic rings. The molecule has 0 fully saturated rings. The van der Waals surface area contributed by atoms with Crippen LogP contribution in [-0.2, 0) is 33.7 Å². The molecule has 0 heterocycles. The van der Waals surface area contributed by atoms with E-state index in [0.717, 1.165) is 22.4 Å². The molecule has 0 aliphatic heterocycles. The Balaban J connectivity index is 1.92. The van der Waals surface area contributed by atoms with E-state index in [-0.39, 0.29) is 18.2 Å². The van der Waals surface area contributed by atoms with Gasteiger partial charge in [0.2, 0.25) is 11.8 Å². The number of nitrogens with zero attached hydrogens (tertiary/aromatic N) is 1. The van der Waals surface area contributed by atoms with Crippen LogP contribution in [0, 0.1) is 0 Å². The van der Waals surface area contributed by atoms with Gasteiger partial charge in [-0.05, 0) is 28.8 Å². The van der Waals surface area contributed by atoms with Crippen molar-refractivity contribution in [2.24, 2.45) is 0 Å². The van der Waals surface area contributed by atoms with E-state index in [1.165, 1.54) is 0 Å². The fraction of sp³-hybridized carbons (Fsp3) is 0.286. The van der Waals surface area contributed by atoms with Crippen LogP contribution in [0.3, 0.4) is 0 Å². The van der Waals surface area contributed by atoms with E-state index in [1.54, 1.807) is 19.1 Å². The summed E-state index contributed by atoms with van der Waals surface area (Å²) in [6.45, 7) is 1.09. The van der Waals surface area contributed by atoms with Crippen LogP contribution >= 0.6 is 0 Å². The molecule has 0 radical (unpaired) electrons. The lowest BCUT2D eigenvalue weighted by Gasteiger charge is -2.31. The zero-order valence-corrected chi connectivity index (χ0v) is 19.8. The van der Waals surface area contributed by atoms with Gasteiger partial charge in [0, 0.05) is 26.6 Å². The first-order valence-corrected chi connectivity index (χ1v) is 11.4. The van der Waals surface area contributed by atoms with Crippen molar-refractivity contribution in [3.63, 3.8) is 0 Å². The highest BCUT2D eigenvalue weighted by Crippen LogP contribution is 2.18. The van der Waals surface area contributed by atoms with Gasteiger partial charge in [-0.2, -0.15) is 0 Å². The quantitative estimate of drug-likeness (QED) is 0.419. The minimum absolute atomic E-state index is 0.107. The minimum atomic E-state index is -0.669. The Kier molecular flexibility index (Phi) is 9.67. The summed E-state index contributed by atoms with van der Waals surface area (Å²) in [7, 11) is 3.21. The average Bonchev–Trinajstić information content (AvgIpc) is 2.87. The lowest BCUT2D eigenvalue weighted by molar-refractivity contribution is -0.140. The molecule has 0 unspecified atom stereocenters. The largest absolute Gasteiger partial charge is 0.497 e. The molecule has 3 aromatic carbocycles. The van der Waals surface area contributed by atoms with Crippen LogP contribution in [0.2, 0.25) is 0 Å². The lowest BCUT2D eigenvalue weighted by atomic mass is 10.0. The highest BCUT2D eigenvalue weighted by molar-refractivity contribution is 5.88. The normalized spacial score (nSPS) is 11.5. The summed E-state index contributed by atoms with van der Waals surface area (Å²) in [6.07, 6.45) is 0.629. The molecular weight excluding hydrogens is 428 g/mol. The van der Waals surface area contributed by atoms with Gasteiger partial charge in [0.25, 0.3) is 0 Å². The summed E-state index contributed by atoms with van der Waals surface area (Å²) in [4.78, 5) is 28.6. The van der Waals surface area contributed by atoms with Crippen LogP contribution in [0.4, 0.5) is 0 Å². The van der Waals surface area contributed by atoms with Gasteiger partial charge in [0.05, 0.1) is 20.1 Å². The van der Waals surface area contributed by atoms with Crippen LogP contribution in [0.25, 0.3) is 0 Å². The van der Waals surface area contributed by atoms with Crippen LogP contribution in [0.15, 0.2) is 84.9 Å². The number of amides is 2. The SMILES string of the molecule is COCCNC(=O)[C@@H](Cc1ccccc1)N(Cc1ccc(OC)cc1)C(=O)Cc1ccccc1. The van der Waals surface area contributed by atoms with Gasteiger partial charge < -0.3 is 19.7 Å². The standard InChI is InChI=1S/C28H32N2O4/c1-33-18-17-29-28(32)26(19-22-9-5-3-6-10-22)30(21-24-13-15-25(34-2)16-14-24)27(31)20-23-11-7-4-8-12-23/h3-16,26H,17-21H2,1-2H3,(H,29,32)/t26-/m1/s1. The minimum Gasteiger partial charge on any atom is -0.497 e. The second kappa shape index (κ2) is 13.2. The Labute approximate surface area is 201 Å². The molecule has 6 nitrogen and oxygen atoms in total. The molecule has 0 aromatic heterocycles. The molecule has 3 rings (SSSR count). The monoisotopic (exact) mass is 460 g/mol. The Morgan fingerprint density at radius 2 is 1.44 bits per heavy atom. The molecule has 0 bridgehead atoms. The zero-order chi connectivity index (χ0) is 24.2. The van der Waals surface area contributed by atoms with Crippen LogP contribution < -0.4 is 10.1 Å². The Bertz CT molecular complexity index is 1020. The summed E-state index contributed by atoms with van der Waals surface area (Å²) in [5, 5.41) is 2.93. The van der Waals surface area contributed by atoms with Gasteiger partial charge in [-0.3, -0.25) is 9.59 Å². The van der Waals surface area contributed by atoms with Crippen molar-refractivity contribution < 1.29 is 19.1 Å². The molecule has 0 saturated heterocycles. The number of hydrogen-bond donors (Lipinski definition) is 1. The number of carbonyl (C=O) groups is 2. The average molecular weight is 461 g/mol. The Hall–Kier alpha value is -3.64. The molecule has 1 atom stereocenters. The van der Waals surface area contributed by atoms with E-state index < -0.39 is 6.04 Å². The predicted molar refractivity (Wildman–Crippen MR) is 133 cm³/mol. The smallest absolute Gasteiger partial charge is 0.243 e. The highest BCUT2D eigenvalue weighted by atomic mass is 16.5. The van der Waals surface area contributed by atoms with Gasteiger partial charge in [0.1, 0.15) is 11.8 Å². The highest BCUT2D eigenvalue weighted by Gasteiger charge is 2.30. The summed E-state index contributed by atoms with van der Waals surface area (Å²) < 4.78 is 10.4. The number of methoxy groups -OCH3 is 2. The van der Waals surface area contributed by atoms with Gasteiger partial charge in [-0.15, -0.1) is 0 Å². The van der Waals surface area contributed by atoms with E-state index in [2.05, 4.69) is 5.32 Å². The number of carbonyl (C=O) groups excluding carboxylic acids is 2. The molecule has 178 valence electrons. The molecule has 2 amide bonds. The van der Waals surface area contributed by atoms with Crippen molar-refractivity contribution in [1.82, 2.24) is 10.2 Å². The molecule has 34 heavy (non-hydrogen) atoms.